The van der Waals surface area contributed by atoms with Gasteiger partial charge in [0.15, 0.2) is 0 Å². The second-order valence-electron chi connectivity index (χ2n) is 3.62. The molecule has 0 fully saturated rings. The number of halogens is 2. The molecule has 0 amide bonds. The average Bonchev–Trinajstić information content (AvgIpc) is 2.81. The number of benzene rings is 1. The second-order valence-corrected chi connectivity index (χ2v) is 4.05. The molecule has 0 aliphatic carbocycles. The van der Waals surface area contributed by atoms with Gasteiger partial charge in [0.05, 0.1) is 13.2 Å². The molecule has 0 aliphatic heterocycles. The fourth-order valence-electron chi connectivity index (χ4n) is 1.46. The van der Waals surface area contributed by atoms with Gasteiger partial charge in [0.2, 0.25) is 0 Å². The summed E-state index contributed by atoms with van der Waals surface area (Å²) < 4.78 is 19.6. The Morgan fingerprint density at radius 2 is 2.32 bits per heavy atom. The van der Waals surface area contributed by atoms with Crippen LogP contribution < -0.4 is 0 Å². The van der Waals surface area contributed by atoms with Crippen LogP contribution in [0.4, 0.5) is 4.39 Å². The number of hydrogen-bond donors (Lipinski definition) is 0. The van der Waals surface area contributed by atoms with E-state index in [2.05, 4.69) is 15.5 Å². The average molecular weight is 285 g/mol. The molecule has 0 saturated carbocycles. The molecule has 8 heteroatoms. The van der Waals surface area contributed by atoms with Crippen LogP contribution in [0.3, 0.4) is 0 Å². The van der Waals surface area contributed by atoms with E-state index in [1.165, 1.54) is 16.8 Å². The van der Waals surface area contributed by atoms with Gasteiger partial charge in [-0.25, -0.2) is 13.9 Å². The second kappa shape index (κ2) is 5.75. The van der Waals surface area contributed by atoms with Crippen molar-refractivity contribution in [2.45, 2.75) is 13.5 Å². The van der Waals surface area contributed by atoms with Crippen LogP contribution in [0.5, 0.6) is 0 Å². The number of rotatable bonds is 4. The van der Waals surface area contributed by atoms with Gasteiger partial charge in [0, 0.05) is 10.6 Å². The van der Waals surface area contributed by atoms with Crippen molar-refractivity contribution in [2.24, 2.45) is 0 Å². The van der Waals surface area contributed by atoms with Crippen LogP contribution in [-0.2, 0) is 11.3 Å². The molecule has 0 N–H and O–H groups in total. The van der Waals surface area contributed by atoms with Crippen LogP contribution in [0.15, 0.2) is 18.2 Å². The lowest BCUT2D eigenvalue weighted by atomic mass is 10.2. The van der Waals surface area contributed by atoms with Gasteiger partial charge in [-0.2, -0.15) is 0 Å². The zero-order valence-corrected chi connectivity index (χ0v) is 10.8. The number of ether oxygens (including phenoxy) is 1. The molecule has 0 unspecified atom stereocenters. The van der Waals surface area contributed by atoms with Gasteiger partial charge in [-0.1, -0.05) is 17.7 Å². The summed E-state index contributed by atoms with van der Waals surface area (Å²) in [4.78, 5) is 11.6. The third-order valence-electron chi connectivity index (χ3n) is 2.33. The Kier molecular flexibility index (Phi) is 4.06. The molecular formula is C11H10ClFN4O2. The molecule has 100 valence electrons. The topological polar surface area (TPSA) is 69.9 Å². The Morgan fingerprint density at radius 1 is 1.53 bits per heavy atom. The van der Waals surface area contributed by atoms with Crippen molar-refractivity contribution in [1.29, 1.82) is 0 Å². The number of carbonyl (C=O) groups is 1. The molecule has 0 spiro atoms. The highest BCUT2D eigenvalue weighted by Crippen LogP contribution is 2.15. The van der Waals surface area contributed by atoms with E-state index in [1.807, 2.05) is 0 Å². The minimum absolute atomic E-state index is 0.0180. The molecule has 0 radical (unpaired) electrons. The van der Waals surface area contributed by atoms with Crippen molar-refractivity contribution in [3.63, 3.8) is 0 Å². The molecule has 2 rings (SSSR count). The fraction of sp³-hybridized carbons (Fsp3) is 0.273. The van der Waals surface area contributed by atoms with Crippen LogP contribution in [0.1, 0.15) is 23.1 Å². The molecule has 1 heterocycles. The first-order valence-electron chi connectivity index (χ1n) is 5.49. The Morgan fingerprint density at radius 3 is 3.00 bits per heavy atom. The molecular weight excluding hydrogens is 275 g/mol. The molecule has 19 heavy (non-hydrogen) atoms. The summed E-state index contributed by atoms with van der Waals surface area (Å²) in [5.41, 5.74) is 0.322. The highest BCUT2D eigenvalue weighted by atomic mass is 35.5. The quantitative estimate of drug-likeness (QED) is 0.799. The van der Waals surface area contributed by atoms with Crippen molar-refractivity contribution in [1.82, 2.24) is 20.2 Å². The molecule has 0 aliphatic rings. The van der Waals surface area contributed by atoms with E-state index in [4.69, 9.17) is 16.3 Å². The molecule has 1 aromatic carbocycles. The molecule has 6 nitrogen and oxygen atoms in total. The number of esters is 1. The highest BCUT2D eigenvalue weighted by molar-refractivity contribution is 6.30. The van der Waals surface area contributed by atoms with Gasteiger partial charge in [-0.3, -0.25) is 0 Å². The number of carbonyl (C=O) groups excluding carboxylic acids is 1. The normalized spacial score (nSPS) is 10.5. The van der Waals surface area contributed by atoms with Gasteiger partial charge in [-0.05, 0) is 29.5 Å². The van der Waals surface area contributed by atoms with Crippen molar-refractivity contribution < 1.29 is 13.9 Å². The number of hydrogen-bond acceptors (Lipinski definition) is 5. The van der Waals surface area contributed by atoms with E-state index in [1.54, 1.807) is 13.0 Å². The van der Waals surface area contributed by atoms with E-state index in [-0.39, 0.29) is 19.0 Å². The molecule has 1 aromatic heterocycles. The molecule has 2 aromatic rings. The maximum atomic E-state index is 13.6. The summed E-state index contributed by atoms with van der Waals surface area (Å²) in [6.07, 6.45) is 0. The Balaban J connectivity index is 2.24. The summed E-state index contributed by atoms with van der Waals surface area (Å²) in [6.45, 7) is 1.90. The number of aromatic nitrogens is 4. The summed E-state index contributed by atoms with van der Waals surface area (Å²) >= 11 is 5.66. The first kappa shape index (κ1) is 13.4. The largest absolute Gasteiger partial charge is 0.460 e. The summed E-state index contributed by atoms with van der Waals surface area (Å²) in [5.74, 6) is -1.21. The van der Waals surface area contributed by atoms with E-state index >= 15 is 0 Å². The number of tetrazole rings is 1. The third kappa shape index (κ3) is 3.05. The predicted octanol–water partition coefficient (Wildman–Crippen LogP) is 1.69. The summed E-state index contributed by atoms with van der Waals surface area (Å²) in [6, 6.07) is 4.24. The monoisotopic (exact) mass is 284 g/mol. The van der Waals surface area contributed by atoms with Crippen LogP contribution >= 0.6 is 11.6 Å². The van der Waals surface area contributed by atoms with Crippen molar-refractivity contribution in [3.05, 3.63) is 40.4 Å². The Bertz CT molecular complexity index is 602. The molecule has 0 bridgehead atoms. The molecule has 0 saturated heterocycles. The fourth-order valence-corrected chi connectivity index (χ4v) is 1.62. The zero-order chi connectivity index (χ0) is 13.8. The lowest BCUT2D eigenvalue weighted by molar-refractivity contribution is 0.0505. The summed E-state index contributed by atoms with van der Waals surface area (Å²) in [5, 5.41) is 10.9. The van der Waals surface area contributed by atoms with Crippen molar-refractivity contribution in [3.8, 4) is 0 Å². The smallest absolute Gasteiger partial charge is 0.378 e. The lowest BCUT2D eigenvalue weighted by Crippen LogP contribution is -2.15. The van der Waals surface area contributed by atoms with Crippen LogP contribution in [0.2, 0.25) is 5.02 Å². The third-order valence-corrected chi connectivity index (χ3v) is 2.56. The van der Waals surface area contributed by atoms with Gasteiger partial charge in [0.1, 0.15) is 5.82 Å². The standard InChI is InChI=1S/C11H10ClFN4O2/c1-2-19-11(18)10-14-15-16-17(10)6-7-3-4-8(12)5-9(7)13/h3-5H,2,6H2,1H3. The first-order chi connectivity index (χ1) is 9.11. The molecule has 0 atom stereocenters. The van der Waals surface area contributed by atoms with Crippen LogP contribution in [0.25, 0.3) is 0 Å². The van der Waals surface area contributed by atoms with Crippen molar-refractivity contribution >= 4 is 17.6 Å². The van der Waals surface area contributed by atoms with E-state index < -0.39 is 11.8 Å². The van der Waals surface area contributed by atoms with Gasteiger partial charge in [-0.15, -0.1) is 5.10 Å². The minimum atomic E-state index is -0.651. The maximum Gasteiger partial charge on any atom is 0.378 e. The summed E-state index contributed by atoms with van der Waals surface area (Å²) in [7, 11) is 0. The first-order valence-corrected chi connectivity index (χ1v) is 5.86. The lowest BCUT2D eigenvalue weighted by Gasteiger charge is -2.05. The number of nitrogens with zero attached hydrogens (tertiary/aromatic N) is 4. The SMILES string of the molecule is CCOC(=O)c1nnnn1Cc1ccc(Cl)cc1F. The van der Waals surface area contributed by atoms with Gasteiger partial charge in [0.25, 0.3) is 5.82 Å². The predicted molar refractivity (Wildman–Crippen MR) is 64.3 cm³/mol. The van der Waals surface area contributed by atoms with Crippen LogP contribution in [-0.4, -0.2) is 32.8 Å². The van der Waals surface area contributed by atoms with Crippen LogP contribution in [0, 0.1) is 5.82 Å². The van der Waals surface area contributed by atoms with Gasteiger partial charge < -0.3 is 4.74 Å². The van der Waals surface area contributed by atoms with E-state index in [0.717, 1.165) is 0 Å². The van der Waals surface area contributed by atoms with Crippen molar-refractivity contribution in [2.75, 3.05) is 6.61 Å². The van der Waals surface area contributed by atoms with Gasteiger partial charge >= 0.3 is 5.97 Å². The Hall–Kier alpha value is -2.02. The van der Waals surface area contributed by atoms with E-state index in [9.17, 15) is 9.18 Å². The Labute approximate surface area is 113 Å². The van der Waals surface area contributed by atoms with E-state index in [0.29, 0.717) is 10.6 Å². The maximum absolute atomic E-state index is 13.6. The minimum Gasteiger partial charge on any atom is -0.460 e. The zero-order valence-electron chi connectivity index (χ0n) is 10.0. The highest BCUT2D eigenvalue weighted by Gasteiger charge is 2.17.